The Hall–Kier alpha value is -3.53. The zero-order valence-corrected chi connectivity index (χ0v) is 17.3. The quantitative estimate of drug-likeness (QED) is 0.685. The molecular formula is C23H24N4O3. The SMILES string of the molecule is COc1cc(C#N)ccc1C1C(NC=O)=C(C)Nc2c(C)cnc(OCC3CC3)c21. The molecule has 2 aromatic rings. The minimum absolute atomic E-state index is 0.365. The Morgan fingerprint density at radius 3 is 2.83 bits per heavy atom. The topological polar surface area (TPSA) is 96.3 Å². The summed E-state index contributed by atoms with van der Waals surface area (Å²) in [6.07, 6.45) is 4.82. The van der Waals surface area contributed by atoms with Crippen LogP contribution in [0.3, 0.4) is 0 Å². The van der Waals surface area contributed by atoms with Crippen LogP contribution >= 0.6 is 0 Å². The van der Waals surface area contributed by atoms with E-state index in [2.05, 4.69) is 21.7 Å². The molecule has 2 N–H and O–H groups in total. The molecule has 0 spiro atoms. The summed E-state index contributed by atoms with van der Waals surface area (Å²) in [6.45, 7) is 4.53. The van der Waals surface area contributed by atoms with Crippen LogP contribution in [0.4, 0.5) is 5.69 Å². The standard InChI is InChI=1S/C23H24N4O3/c1-13-10-25-23(30-11-15-4-5-15)20-19(22(26-12-28)14(2)27-21(13)20)17-7-6-16(9-24)8-18(17)29-3/h6-8,10,12,15,19,27H,4-5,11H2,1-3H3,(H,26,28). The van der Waals surface area contributed by atoms with Crippen LogP contribution in [0.5, 0.6) is 11.6 Å². The third kappa shape index (κ3) is 3.57. The van der Waals surface area contributed by atoms with Gasteiger partial charge in [0.15, 0.2) is 0 Å². The molecule has 1 unspecified atom stereocenters. The summed E-state index contributed by atoms with van der Waals surface area (Å²) in [5.41, 5.74) is 5.60. The van der Waals surface area contributed by atoms with Gasteiger partial charge in [-0.25, -0.2) is 4.98 Å². The van der Waals surface area contributed by atoms with Crippen molar-refractivity contribution in [3.05, 3.63) is 58.0 Å². The van der Waals surface area contributed by atoms with Crippen LogP contribution in [0.2, 0.25) is 0 Å². The maximum absolute atomic E-state index is 11.4. The zero-order valence-electron chi connectivity index (χ0n) is 17.3. The van der Waals surface area contributed by atoms with Crippen LogP contribution in [0.25, 0.3) is 0 Å². The van der Waals surface area contributed by atoms with Crippen LogP contribution in [0.1, 0.15) is 47.9 Å². The number of carbonyl (C=O) groups is 1. The fourth-order valence-corrected chi connectivity index (χ4v) is 3.84. The van der Waals surface area contributed by atoms with E-state index >= 15 is 0 Å². The smallest absolute Gasteiger partial charge is 0.219 e. The Kier molecular flexibility index (Phi) is 5.32. The third-order valence-corrected chi connectivity index (χ3v) is 5.60. The summed E-state index contributed by atoms with van der Waals surface area (Å²) in [7, 11) is 1.57. The number of anilines is 1. The molecule has 2 aliphatic rings. The van der Waals surface area contributed by atoms with E-state index in [1.54, 1.807) is 25.4 Å². The highest BCUT2D eigenvalue weighted by Crippen LogP contribution is 2.48. The molecule has 30 heavy (non-hydrogen) atoms. The average molecular weight is 404 g/mol. The van der Waals surface area contributed by atoms with Gasteiger partial charge in [-0.3, -0.25) is 4.79 Å². The number of nitrogens with zero attached hydrogens (tertiary/aromatic N) is 2. The number of nitrogens with one attached hydrogen (secondary N) is 2. The van der Waals surface area contributed by atoms with Crippen LogP contribution in [0.15, 0.2) is 35.8 Å². The minimum atomic E-state index is -0.365. The predicted molar refractivity (Wildman–Crippen MR) is 112 cm³/mol. The van der Waals surface area contributed by atoms with Gasteiger partial charge >= 0.3 is 0 Å². The van der Waals surface area contributed by atoms with Crippen LogP contribution in [-0.2, 0) is 4.79 Å². The number of ether oxygens (including phenoxy) is 2. The minimum Gasteiger partial charge on any atom is -0.496 e. The van der Waals surface area contributed by atoms with Gasteiger partial charge in [0.25, 0.3) is 0 Å². The van der Waals surface area contributed by atoms with Gasteiger partial charge in [0.2, 0.25) is 12.3 Å². The molecule has 7 heteroatoms. The number of carbonyl (C=O) groups excluding carboxylic acids is 1. The molecule has 1 aromatic carbocycles. The van der Waals surface area contributed by atoms with Crippen molar-refractivity contribution < 1.29 is 14.3 Å². The number of nitriles is 1. The van der Waals surface area contributed by atoms with E-state index in [9.17, 15) is 10.1 Å². The number of allylic oxidation sites excluding steroid dienone is 2. The lowest BCUT2D eigenvalue weighted by atomic mass is 9.83. The van der Waals surface area contributed by atoms with Gasteiger partial charge in [0.1, 0.15) is 5.75 Å². The zero-order chi connectivity index (χ0) is 21.3. The number of rotatable bonds is 7. The first kappa shape index (κ1) is 19.8. The number of aromatic nitrogens is 1. The molecule has 1 aromatic heterocycles. The summed E-state index contributed by atoms with van der Waals surface area (Å²) >= 11 is 0. The number of benzene rings is 1. The molecule has 1 fully saturated rings. The van der Waals surface area contributed by atoms with E-state index in [-0.39, 0.29) is 5.92 Å². The molecule has 1 atom stereocenters. The summed E-state index contributed by atoms with van der Waals surface area (Å²) in [6, 6.07) is 7.47. The fraction of sp³-hybridized carbons (Fsp3) is 0.348. The van der Waals surface area contributed by atoms with Gasteiger partial charge in [0, 0.05) is 23.2 Å². The van der Waals surface area contributed by atoms with Crippen molar-refractivity contribution in [1.29, 1.82) is 5.26 Å². The van der Waals surface area contributed by atoms with E-state index in [4.69, 9.17) is 9.47 Å². The second kappa shape index (κ2) is 8.07. The van der Waals surface area contributed by atoms with Gasteiger partial charge in [-0.1, -0.05) is 6.07 Å². The van der Waals surface area contributed by atoms with Crippen molar-refractivity contribution in [2.45, 2.75) is 32.6 Å². The van der Waals surface area contributed by atoms with Gasteiger partial charge in [0.05, 0.1) is 42.5 Å². The Morgan fingerprint density at radius 1 is 1.37 bits per heavy atom. The van der Waals surface area contributed by atoms with Crippen LogP contribution in [-0.4, -0.2) is 25.1 Å². The summed E-state index contributed by atoms with van der Waals surface area (Å²) in [4.78, 5) is 16.0. The number of methoxy groups -OCH3 is 1. The highest BCUT2D eigenvalue weighted by molar-refractivity contribution is 5.73. The molecule has 1 aliphatic heterocycles. The first-order chi connectivity index (χ1) is 14.6. The van der Waals surface area contributed by atoms with E-state index < -0.39 is 0 Å². The first-order valence-electron chi connectivity index (χ1n) is 9.95. The lowest BCUT2D eigenvalue weighted by Gasteiger charge is -2.33. The third-order valence-electron chi connectivity index (χ3n) is 5.60. The predicted octanol–water partition coefficient (Wildman–Crippen LogP) is 3.59. The molecule has 1 aliphatic carbocycles. The fourth-order valence-electron chi connectivity index (χ4n) is 3.84. The Labute approximate surface area is 175 Å². The molecule has 1 amide bonds. The molecule has 0 saturated heterocycles. The summed E-state index contributed by atoms with van der Waals surface area (Å²) < 4.78 is 11.8. The molecule has 0 radical (unpaired) electrons. The number of pyridine rings is 1. The van der Waals surface area contributed by atoms with Crippen molar-refractivity contribution >= 4 is 12.1 Å². The first-order valence-corrected chi connectivity index (χ1v) is 9.95. The van der Waals surface area contributed by atoms with E-state index in [1.807, 2.05) is 19.9 Å². The Bertz CT molecular complexity index is 1070. The van der Waals surface area contributed by atoms with Gasteiger partial charge in [-0.05, 0) is 50.3 Å². The Balaban J connectivity index is 1.92. The lowest BCUT2D eigenvalue weighted by Crippen LogP contribution is -2.28. The van der Waals surface area contributed by atoms with Crippen LogP contribution in [0, 0.1) is 24.2 Å². The molecule has 7 nitrogen and oxygen atoms in total. The van der Waals surface area contributed by atoms with Crippen molar-refractivity contribution in [2.75, 3.05) is 19.0 Å². The normalized spacial score (nSPS) is 17.5. The molecule has 2 heterocycles. The van der Waals surface area contributed by atoms with Gasteiger partial charge in [-0.2, -0.15) is 5.26 Å². The average Bonchev–Trinajstić information content (AvgIpc) is 3.58. The number of aryl methyl sites for hydroxylation is 1. The molecule has 154 valence electrons. The summed E-state index contributed by atoms with van der Waals surface area (Å²) in [5.74, 6) is 1.33. The number of fused-ring (bicyclic) bond motifs is 1. The van der Waals surface area contributed by atoms with E-state index in [0.29, 0.717) is 41.8 Å². The largest absolute Gasteiger partial charge is 0.496 e. The summed E-state index contributed by atoms with van der Waals surface area (Å²) in [5, 5.41) is 15.6. The van der Waals surface area contributed by atoms with Crippen LogP contribution < -0.4 is 20.1 Å². The van der Waals surface area contributed by atoms with E-state index in [0.717, 1.165) is 28.1 Å². The van der Waals surface area contributed by atoms with Gasteiger partial charge < -0.3 is 20.1 Å². The van der Waals surface area contributed by atoms with Crippen molar-refractivity contribution in [1.82, 2.24) is 10.3 Å². The lowest BCUT2D eigenvalue weighted by molar-refractivity contribution is -0.109. The monoisotopic (exact) mass is 404 g/mol. The van der Waals surface area contributed by atoms with Crippen molar-refractivity contribution in [3.8, 4) is 17.7 Å². The van der Waals surface area contributed by atoms with Crippen molar-refractivity contribution in [2.24, 2.45) is 5.92 Å². The van der Waals surface area contributed by atoms with E-state index in [1.165, 1.54) is 12.8 Å². The highest BCUT2D eigenvalue weighted by atomic mass is 16.5. The second-order valence-electron chi connectivity index (χ2n) is 7.72. The van der Waals surface area contributed by atoms with Gasteiger partial charge in [-0.15, -0.1) is 0 Å². The molecule has 4 rings (SSSR count). The number of amides is 1. The molecule has 0 bridgehead atoms. The molecule has 1 saturated carbocycles. The maximum Gasteiger partial charge on any atom is 0.219 e. The Morgan fingerprint density at radius 2 is 2.17 bits per heavy atom. The number of hydrogen-bond acceptors (Lipinski definition) is 6. The van der Waals surface area contributed by atoms with Crippen molar-refractivity contribution in [3.63, 3.8) is 0 Å². The molecular weight excluding hydrogens is 380 g/mol. The maximum atomic E-state index is 11.4. The highest BCUT2D eigenvalue weighted by Gasteiger charge is 2.35. The number of hydrogen-bond donors (Lipinski definition) is 2. The second-order valence-corrected chi connectivity index (χ2v) is 7.72.